The summed E-state index contributed by atoms with van der Waals surface area (Å²) in [6.07, 6.45) is -4.49. The van der Waals surface area contributed by atoms with E-state index in [0.717, 1.165) is 24.3 Å². The average molecular weight is 353 g/mol. The highest BCUT2D eigenvalue weighted by molar-refractivity contribution is 6.06. The summed E-state index contributed by atoms with van der Waals surface area (Å²) < 4.78 is 37.7. The molecule has 2 aromatic carbocycles. The topological polar surface area (TPSA) is 69.6 Å². The summed E-state index contributed by atoms with van der Waals surface area (Å²) in [5.41, 5.74) is -1.02. The van der Waals surface area contributed by atoms with Crippen LogP contribution >= 0.6 is 0 Å². The lowest BCUT2D eigenvalue weighted by atomic mass is 9.86. The number of anilines is 1. The molecule has 25 heavy (non-hydrogen) atoms. The summed E-state index contributed by atoms with van der Waals surface area (Å²) in [7, 11) is 0. The lowest BCUT2D eigenvalue weighted by molar-refractivity contribution is -0.137. The van der Waals surface area contributed by atoms with Crippen LogP contribution in [-0.4, -0.2) is 16.1 Å². The Labute approximate surface area is 142 Å². The van der Waals surface area contributed by atoms with Crippen LogP contribution in [0.2, 0.25) is 0 Å². The summed E-state index contributed by atoms with van der Waals surface area (Å²) in [5.74, 6) is -1.37. The molecule has 0 bridgehead atoms. The number of phenols is 2. The van der Waals surface area contributed by atoms with E-state index in [1.807, 2.05) is 20.8 Å². The molecule has 3 N–H and O–H groups in total. The number of benzene rings is 2. The van der Waals surface area contributed by atoms with Gasteiger partial charge in [-0.15, -0.1) is 0 Å². The van der Waals surface area contributed by atoms with Gasteiger partial charge in [-0.05, 0) is 35.7 Å². The van der Waals surface area contributed by atoms with Crippen LogP contribution in [0.15, 0.2) is 36.4 Å². The SMILES string of the molecule is CC(C)(C)c1ccc(O)c(NC(=O)c2ccc(C(F)(F)F)cc2)c1O. The normalized spacial score (nSPS) is 12.1. The third-order valence-electron chi connectivity index (χ3n) is 3.68. The second-order valence-corrected chi connectivity index (χ2v) is 6.64. The number of rotatable bonds is 2. The van der Waals surface area contributed by atoms with E-state index in [1.54, 1.807) is 6.07 Å². The Hall–Kier alpha value is -2.70. The van der Waals surface area contributed by atoms with Crippen LogP contribution in [0.4, 0.5) is 18.9 Å². The lowest BCUT2D eigenvalue weighted by Crippen LogP contribution is -2.16. The van der Waals surface area contributed by atoms with Crippen molar-refractivity contribution < 1.29 is 28.2 Å². The van der Waals surface area contributed by atoms with Crippen molar-refractivity contribution in [3.63, 3.8) is 0 Å². The van der Waals surface area contributed by atoms with E-state index in [1.165, 1.54) is 6.07 Å². The first-order chi connectivity index (χ1) is 11.4. The number of nitrogens with one attached hydrogen (secondary N) is 1. The molecule has 0 fully saturated rings. The van der Waals surface area contributed by atoms with Gasteiger partial charge < -0.3 is 15.5 Å². The van der Waals surface area contributed by atoms with Gasteiger partial charge in [-0.25, -0.2) is 0 Å². The molecule has 0 unspecified atom stereocenters. The standard InChI is InChI=1S/C18H18F3NO3/c1-17(2,3)12-8-9-13(23)14(15(12)24)22-16(25)10-4-6-11(7-5-10)18(19,20)21/h4-9,23-24H,1-3H3,(H,22,25). The predicted octanol–water partition coefficient (Wildman–Crippen LogP) is 4.67. The first-order valence-electron chi connectivity index (χ1n) is 7.45. The molecule has 0 heterocycles. The minimum absolute atomic E-state index is 0.0343. The van der Waals surface area contributed by atoms with Crippen LogP contribution < -0.4 is 5.32 Å². The summed E-state index contributed by atoms with van der Waals surface area (Å²) >= 11 is 0. The number of alkyl halides is 3. The maximum Gasteiger partial charge on any atom is 0.416 e. The average Bonchev–Trinajstić information content (AvgIpc) is 2.49. The number of phenolic OH excluding ortho intramolecular Hbond substituents is 2. The van der Waals surface area contributed by atoms with Crippen molar-refractivity contribution in [3.8, 4) is 11.5 Å². The molecule has 0 aliphatic rings. The minimum atomic E-state index is -4.49. The summed E-state index contributed by atoms with van der Waals surface area (Å²) in [6.45, 7) is 5.54. The van der Waals surface area contributed by atoms with Gasteiger partial charge in [-0.3, -0.25) is 4.79 Å². The maximum absolute atomic E-state index is 12.6. The Morgan fingerprint density at radius 3 is 2.00 bits per heavy atom. The van der Waals surface area contributed by atoms with Crippen molar-refractivity contribution in [2.45, 2.75) is 32.4 Å². The van der Waals surface area contributed by atoms with Crippen LogP contribution in [0.3, 0.4) is 0 Å². The van der Waals surface area contributed by atoms with Crippen LogP contribution in [0, 0.1) is 0 Å². The van der Waals surface area contributed by atoms with E-state index < -0.39 is 23.1 Å². The molecule has 7 heteroatoms. The highest BCUT2D eigenvalue weighted by Crippen LogP contribution is 2.41. The molecule has 0 atom stereocenters. The van der Waals surface area contributed by atoms with E-state index in [2.05, 4.69) is 5.32 Å². The Morgan fingerprint density at radius 2 is 1.52 bits per heavy atom. The van der Waals surface area contributed by atoms with Gasteiger partial charge in [-0.2, -0.15) is 13.2 Å². The van der Waals surface area contributed by atoms with Crippen LogP contribution in [0.1, 0.15) is 42.3 Å². The van der Waals surface area contributed by atoms with Gasteiger partial charge in [0.1, 0.15) is 17.2 Å². The maximum atomic E-state index is 12.6. The summed E-state index contributed by atoms with van der Waals surface area (Å²) in [6, 6.07) is 6.52. The van der Waals surface area contributed by atoms with Crippen molar-refractivity contribution in [1.29, 1.82) is 0 Å². The molecule has 0 aliphatic carbocycles. The third-order valence-corrected chi connectivity index (χ3v) is 3.68. The van der Waals surface area contributed by atoms with Gasteiger partial charge in [0.25, 0.3) is 5.91 Å². The van der Waals surface area contributed by atoms with Gasteiger partial charge in [0, 0.05) is 11.1 Å². The van der Waals surface area contributed by atoms with Crippen molar-refractivity contribution >= 4 is 11.6 Å². The summed E-state index contributed by atoms with van der Waals surface area (Å²) in [5, 5.41) is 22.6. The van der Waals surface area contributed by atoms with E-state index in [-0.39, 0.29) is 22.7 Å². The molecule has 0 radical (unpaired) electrons. The molecule has 1 amide bonds. The zero-order chi connectivity index (χ0) is 19.0. The molecule has 0 spiro atoms. The number of halogens is 3. The van der Waals surface area contributed by atoms with Crippen molar-refractivity contribution in [1.82, 2.24) is 0 Å². The zero-order valence-corrected chi connectivity index (χ0v) is 13.9. The van der Waals surface area contributed by atoms with Gasteiger partial charge >= 0.3 is 6.18 Å². The Morgan fingerprint density at radius 1 is 0.960 bits per heavy atom. The molecule has 2 rings (SSSR count). The number of carbonyl (C=O) groups excluding carboxylic acids is 1. The molecule has 0 aromatic heterocycles. The predicted molar refractivity (Wildman–Crippen MR) is 87.9 cm³/mol. The first kappa shape index (κ1) is 18.6. The molecule has 0 saturated heterocycles. The van der Waals surface area contributed by atoms with Crippen molar-refractivity contribution in [2.75, 3.05) is 5.32 Å². The monoisotopic (exact) mass is 353 g/mol. The molecule has 0 saturated carbocycles. The fourth-order valence-electron chi connectivity index (χ4n) is 2.31. The van der Waals surface area contributed by atoms with Crippen LogP contribution in [-0.2, 0) is 11.6 Å². The van der Waals surface area contributed by atoms with E-state index in [4.69, 9.17) is 0 Å². The number of amides is 1. The third kappa shape index (κ3) is 4.04. The quantitative estimate of drug-likeness (QED) is 0.688. The molecule has 134 valence electrons. The van der Waals surface area contributed by atoms with E-state index in [0.29, 0.717) is 5.56 Å². The smallest absolute Gasteiger partial charge is 0.416 e. The number of hydrogen-bond acceptors (Lipinski definition) is 3. The second kappa shape index (κ2) is 6.31. The van der Waals surface area contributed by atoms with Gasteiger partial charge in [0.15, 0.2) is 0 Å². The molecule has 2 aromatic rings. The van der Waals surface area contributed by atoms with Crippen molar-refractivity contribution in [3.05, 3.63) is 53.1 Å². The second-order valence-electron chi connectivity index (χ2n) is 6.64. The van der Waals surface area contributed by atoms with E-state index >= 15 is 0 Å². The highest BCUT2D eigenvalue weighted by atomic mass is 19.4. The fourth-order valence-corrected chi connectivity index (χ4v) is 2.31. The minimum Gasteiger partial charge on any atom is -0.506 e. The van der Waals surface area contributed by atoms with Gasteiger partial charge in [-0.1, -0.05) is 26.8 Å². The van der Waals surface area contributed by atoms with E-state index in [9.17, 15) is 28.2 Å². The molecule has 0 aliphatic heterocycles. The number of carbonyl (C=O) groups is 1. The Bertz CT molecular complexity index is 791. The van der Waals surface area contributed by atoms with Crippen molar-refractivity contribution in [2.24, 2.45) is 0 Å². The molecule has 4 nitrogen and oxygen atoms in total. The van der Waals surface area contributed by atoms with Gasteiger partial charge in [0.05, 0.1) is 5.56 Å². The number of aromatic hydroxyl groups is 2. The highest BCUT2D eigenvalue weighted by Gasteiger charge is 2.30. The lowest BCUT2D eigenvalue weighted by Gasteiger charge is -2.22. The molecular weight excluding hydrogens is 335 g/mol. The Kier molecular flexibility index (Phi) is 4.70. The van der Waals surface area contributed by atoms with Gasteiger partial charge in [0.2, 0.25) is 0 Å². The van der Waals surface area contributed by atoms with Crippen LogP contribution in [0.25, 0.3) is 0 Å². The Balaban J connectivity index is 2.32. The zero-order valence-electron chi connectivity index (χ0n) is 13.9. The van der Waals surface area contributed by atoms with Crippen LogP contribution in [0.5, 0.6) is 11.5 Å². The molecular formula is C18H18F3NO3. The number of hydrogen-bond donors (Lipinski definition) is 3. The fraction of sp³-hybridized carbons (Fsp3) is 0.278. The summed E-state index contributed by atoms with van der Waals surface area (Å²) in [4.78, 5) is 12.2. The largest absolute Gasteiger partial charge is 0.506 e. The first-order valence-corrected chi connectivity index (χ1v) is 7.45.